The SMILES string of the molecule is c1ccc2c(c1)ccc1c2[nH]c2cccc(-c3cccc4c3[nH]c3ccccc34)c21. The highest BCUT2D eigenvalue weighted by Gasteiger charge is 2.15. The van der Waals surface area contributed by atoms with E-state index in [9.17, 15) is 0 Å². The number of aromatic amines is 2. The predicted octanol–water partition coefficient (Wildman–Crippen LogP) is 7.78. The van der Waals surface area contributed by atoms with Crippen LogP contribution in [0.25, 0.3) is 65.5 Å². The fourth-order valence-corrected chi connectivity index (χ4v) is 5.02. The van der Waals surface area contributed by atoms with Gasteiger partial charge in [-0.1, -0.05) is 84.9 Å². The van der Waals surface area contributed by atoms with Crippen LogP contribution in [0.4, 0.5) is 0 Å². The van der Waals surface area contributed by atoms with Crippen molar-refractivity contribution in [3.8, 4) is 11.1 Å². The van der Waals surface area contributed by atoms with Gasteiger partial charge < -0.3 is 9.97 Å². The summed E-state index contributed by atoms with van der Waals surface area (Å²) in [6, 6.07) is 34.8. The van der Waals surface area contributed by atoms with Crippen LogP contribution in [0.1, 0.15) is 0 Å². The number of hydrogen-bond acceptors (Lipinski definition) is 0. The van der Waals surface area contributed by atoms with E-state index in [1.54, 1.807) is 0 Å². The van der Waals surface area contributed by atoms with E-state index in [2.05, 4.69) is 107 Å². The second-order valence-corrected chi connectivity index (χ2v) is 7.96. The zero-order valence-electron chi connectivity index (χ0n) is 16.2. The number of hydrogen-bond donors (Lipinski definition) is 2. The number of para-hydroxylation sites is 2. The van der Waals surface area contributed by atoms with E-state index in [1.807, 2.05) is 0 Å². The molecule has 2 heteroatoms. The largest absolute Gasteiger partial charge is 0.354 e. The van der Waals surface area contributed by atoms with Crippen molar-refractivity contribution in [2.45, 2.75) is 0 Å². The molecular weight excluding hydrogens is 364 g/mol. The van der Waals surface area contributed by atoms with Crippen molar-refractivity contribution in [2.75, 3.05) is 0 Å². The zero-order chi connectivity index (χ0) is 19.7. The van der Waals surface area contributed by atoms with E-state index in [0.29, 0.717) is 0 Å². The lowest BCUT2D eigenvalue weighted by Gasteiger charge is -2.07. The van der Waals surface area contributed by atoms with Crippen molar-refractivity contribution >= 4 is 54.4 Å². The first-order chi connectivity index (χ1) is 14.9. The van der Waals surface area contributed by atoms with Crippen LogP contribution in [0.15, 0.2) is 97.1 Å². The maximum Gasteiger partial charge on any atom is 0.0544 e. The summed E-state index contributed by atoms with van der Waals surface area (Å²) in [5, 5.41) is 7.62. The third-order valence-electron chi connectivity index (χ3n) is 6.35. The average molecular weight is 382 g/mol. The quantitative estimate of drug-likeness (QED) is 0.290. The van der Waals surface area contributed by atoms with Crippen LogP contribution in [0.3, 0.4) is 0 Å². The molecule has 0 bridgehead atoms. The summed E-state index contributed by atoms with van der Waals surface area (Å²) in [4.78, 5) is 7.37. The fourth-order valence-electron chi connectivity index (χ4n) is 5.02. The summed E-state index contributed by atoms with van der Waals surface area (Å²) in [5.41, 5.74) is 7.25. The Morgan fingerprint density at radius 1 is 0.400 bits per heavy atom. The molecule has 5 aromatic carbocycles. The number of H-pyrrole nitrogens is 2. The van der Waals surface area contributed by atoms with Crippen molar-refractivity contribution < 1.29 is 0 Å². The van der Waals surface area contributed by atoms with E-state index in [0.717, 1.165) is 0 Å². The summed E-state index contributed by atoms with van der Waals surface area (Å²) in [6.07, 6.45) is 0. The Hall–Kier alpha value is -4.04. The minimum absolute atomic E-state index is 1.17. The highest BCUT2D eigenvalue weighted by atomic mass is 14.7. The van der Waals surface area contributed by atoms with E-state index in [4.69, 9.17) is 0 Å². The van der Waals surface area contributed by atoms with Gasteiger partial charge in [-0.3, -0.25) is 0 Å². The van der Waals surface area contributed by atoms with Gasteiger partial charge in [0.1, 0.15) is 0 Å². The Labute approximate surface area is 172 Å². The summed E-state index contributed by atoms with van der Waals surface area (Å²) in [5.74, 6) is 0. The molecule has 0 saturated heterocycles. The molecule has 0 aliphatic heterocycles. The zero-order valence-corrected chi connectivity index (χ0v) is 16.2. The summed E-state index contributed by atoms with van der Waals surface area (Å²) in [6.45, 7) is 0. The average Bonchev–Trinajstić information content (AvgIpc) is 3.37. The number of rotatable bonds is 1. The second kappa shape index (κ2) is 5.74. The minimum atomic E-state index is 1.17. The first-order valence-corrected chi connectivity index (χ1v) is 10.3. The molecule has 2 N–H and O–H groups in total. The molecule has 0 aliphatic carbocycles. The first-order valence-electron chi connectivity index (χ1n) is 10.3. The normalized spacial score (nSPS) is 12.0. The van der Waals surface area contributed by atoms with Crippen molar-refractivity contribution in [3.05, 3.63) is 97.1 Å². The molecule has 2 nitrogen and oxygen atoms in total. The number of nitrogens with one attached hydrogen (secondary N) is 2. The molecule has 0 radical (unpaired) electrons. The van der Waals surface area contributed by atoms with E-state index >= 15 is 0 Å². The van der Waals surface area contributed by atoms with Gasteiger partial charge in [0.2, 0.25) is 0 Å². The highest BCUT2D eigenvalue weighted by Crippen LogP contribution is 2.40. The van der Waals surface area contributed by atoms with Gasteiger partial charge in [-0.05, 0) is 23.1 Å². The second-order valence-electron chi connectivity index (χ2n) is 7.96. The summed E-state index contributed by atoms with van der Waals surface area (Å²) in [7, 11) is 0. The lowest BCUT2D eigenvalue weighted by Crippen LogP contribution is -1.82. The molecule has 0 aliphatic rings. The number of aromatic nitrogens is 2. The van der Waals surface area contributed by atoms with Gasteiger partial charge >= 0.3 is 0 Å². The van der Waals surface area contributed by atoms with Crippen LogP contribution in [-0.4, -0.2) is 9.97 Å². The molecule has 2 aromatic heterocycles. The lowest BCUT2D eigenvalue weighted by molar-refractivity contribution is 1.54. The Bertz CT molecular complexity index is 1750. The standard InChI is InChI=1S/C28H18N2/c1-2-8-18-17(7-1)15-16-23-26-20(10-6-14-25(26)30-27(18)23)22-12-5-11-21-19-9-3-4-13-24(19)29-28(21)22/h1-16,29-30H. The van der Waals surface area contributed by atoms with Crippen LogP contribution in [-0.2, 0) is 0 Å². The topological polar surface area (TPSA) is 31.6 Å². The van der Waals surface area contributed by atoms with Gasteiger partial charge in [0.25, 0.3) is 0 Å². The fraction of sp³-hybridized carbons (Fsp3) is 0. The van der Waals surface area contributed by atoms with Gasteiger partial charge in [0.05, 0.1) is 11.0 Å². The van der Waals surface area contributed by atoms with E-state index in [1.165, 1.54) is 65.5 Å². The third kappa shape index (κ3) is 2.03. The Morgan fingerprint density at radius 3 is 2.07 bits per heavy atom. The molecular formula is C28H18N2. The van der Waals surface area contributed by atoms with Gasteiger partial charge in [0.15, 0.2) is 0 Å². The van der Waals surface area contributed by atoms with Crippen molar-refractivity contribution in [1.82, 2.24) is 9.97 Å². The van der Waals surface area contributed by atoms with Crippen LogP contribution in [0, 0.1) is 0 Å². The van der Waals surface area contributed by atoms with Gasteiger partial charge in [-0.15, -0.1) is 0 Å². The van der Waals surface area contributed by atoms with Gasteiger partial charge in [0, 0.05) is 43.5 Å². The molecule has 140 valence electrons. The van der Waals surface area contributed by atoms with Crippen molar-refractivity contribution in [2.24, 2.45) is 0 Å². The van der Waals surface area contributed by atoms with E-state index in [-0.39, 0.29) is 0 Å². The van der Waals surface area contributed by atoms with Gasteiger partial charge in [-0.2, -0.15) is 0 Å². The molecule has 0 atom stereocenters. The molecule has 0 fully saturated rings. The summed E-state index contributed by atoms with van der Waals surface area (Å²) < 4.78 is 0. The number of fused-ring (bicyclic) bond motifs is 8. The van der Waals surface area contributed by atoms with Crippen LogP contribution >= 0.6 is 0 Å². The Morgan fingerprint density at radius 2 is 1.10 bits per heavy atom. The third-order valence-corrected chi connectivity index (χ3v) is 6.35. The lowest BCUT2D eigenvalue weighted by atomic mass is 9.96. The summed E-state index contributed by atoms with van der Waals surface area (Å²) >= 11 is 0. The van der Waals surface area contributed by atoms with Crippen LogP contribution in [0.5, 0.6) is 0 Å². The maximum absolute atomic E-state index is 3.70. The molecule has 0 saturated carbocycles. The maximum atomic E-state index is 3.70. The van der Waals surface area contributed by atoms with Crippen LogP contribution in [0.2, 0.25) is 0 Å². The molecule has 7 aromatic rings. The molecule has 0 unspecified atom stereocenters. The minimum Gasteiger partial charge on any atom is -0.354 e. The van der Waals surface area contributed by atoms with E-state index < -0.39 is 0 Å². The van der Waals surface area contributed by atoms with Crippen LogP contribution < -0.4 is 0 Å². The monoisotopic (exact) mass is 382 g/mol. The Balaban J connectivity index is 1.64. The Kier molecular flexibility index (Phi) is 3.03. The molecule has 2 heterocycles. The van der Waals surface area contributed by atoms with Gasteiger partial charge in [-0.25, -0.2) is 0 Å². The number of benzene rings is 5. The highest BCUT2D eigenvalue weighted by molar-refractivity contribution is 6.23. The molecule has 0 spiro atoms. The van der Waals surface area contributed by atoms with Crippen molar-refractivity contribution in [1.29, 1.82) is 0 Å². The molecule has 0 amide bonds. The van der Waals surface area contributed by atoms with Crippen molar-refractivity contribution in [3.63, 3.8) is 0 Å². The predicted molar refractivity (Wildman–Crippen MR) is 128 cm³/mol. The molecule has 7 rings (SSSR count). The molecule has 30 heavy (non-hydrogen) atoms. The first kappa shape index (κ1) is 15.8. The smallest absolute Gasteiger partial charge is 0.0544 e.